The van der Waals surface area contributed by atoms with Crippen molar-refractivity contribution in [1.29, 1.82) is 0 Å². The number of carbonyl (C=O) groups excluding carboxylic acids is 1. The normalized spacial score (nSPS) is 19.0. The van der Waals surface area contributed by atoms with Gasteiger partial charge in [0, 0.05) is 12.7 Å². The van der Waals surface area contributed by atoms with Crippen molar-refractivity contribution in [3.05, 3.63) is 53.3 Å². The molecular formula is C20H28N4O. The van der Waals surface area contributed by atoms with Crippen LogP contribution in [0, 0.1) is 0 Å². The Morgan fingerprint density at radius 2 is 1.92 bits per heavy atom. The molecule has 1 saturated heterocycles. The summed E-state index contributed by atoms with van der Waals surface area (Å²) in [7, 11) is 0. The first-order valence-electron chi connectivity index (χ1n) is 9.21. The predicted molar refractivity (Wildman–Crippen MR) is 99.8 cm³/mol. The van der Waals surface area contributed by atoms with Crippen LogP contribution in [0.4, 0.5) is 0 Å². The van der Waals surface area contributed by atoms with Gasteiger partial charge in [0.05, 0.1) is 12.1 Å². The highest BCUT2D eigenvalue weighted by atomic mass is 16.2. The van der Waals surface area contributed by atoms with Gasteiger partial charge in [-0.25, -0.2) is 0 Å². The monoisotopic (exact) mass is 340 g/mol. The van der Waals surface area contributed by atoms with Crippen LogP contribution in [-0.2, 0) is 0 Å². The molecule has 5 nitrogen and oxygen atoms in total. The number of hydrogen-bond donors (Lipinski definition) is 2. The number of nitrogens with one attached hydrogen (secondary N) is 2. The summed E-state index contributed by atoms with van der Waals surface area (Å²) in [5.74, 6) is 0.389. The molecule has 3 rings (SSSR count). The van der Waals surface area contributed by atoms with E-state index >= 15 is 0 Å². The Bertz CT molecular complexity index is 699. The Morgan fingerprint density at radius 1 is 1.20 bits per heavy atom. The fraction of sp³-hybridized carbons (Fsp3) is 0.500. The molecule has 25 heavy (non-hydrogen) atoms. The van der Waals surface area contributed by atoms with Crippen LogP contribution in [0.15, 0.2) is 36.5 Å². The molecule has 0 radical (unpaired) electrons. The Labute approximate surface area is 149 Å². The summed E-state index contributed by atoms with van der Waals surface area (Å²) in [6.45, 7) is 8.35. The van der Waals surface area contributed by atoms with E-state index in [0.29, 0.717) is 17.7 Å². The van der Waals surface area contributed by atoms with Crippen LogP contribution in [0.25, 0.3) is 0 Å². The number of nitrogens with zero attached hydrogens (tertiary/aromatic N) is 2. The number of rotatable bonds is 5. The van der Waals surface area contributed by atoms with E-state index in [2.05, 4.69) is 53.8 Å². The van der Waals surface area contributed by atoms with Gasteiger partial charge in [0.25, 0.3) is 5.91 Å². The molecule has 134 valence electrons. The molecule has 2 atom stereocenters. The fourth-order valence-corrected chi connectivity index (χ4v) is 3.25. The molecule has 1 fully saturated rings. The van der Waals surface area contributed by atoms with Crippen LogP contribution < -0.4 is 10.6 Å². The van der Waals surface area contributed by atoms with Gasteiger partial charge in [0.15, 0.2) is 0 Å². The van der Waals surface area contributed by atoms with Gasteiger partial charge in [-0.3, -0.25) is 9.48 Å². The third kappa shape index (κ3) is 4.28. The van der Waals surface area contributed by atoms with Crippen molar-refractivity contribution in [2.45, 2.75) is 51.6 Å². The summed E-state index contributed by atoms with van der Waals surface area (Å²) in [6.07, 6.45) is 4.17. The van der Waals surface area contributed by atoms with Gasteiger partial charge in [-0.05, 0) is 49.4 Å². The van der Waals surface area contributed by atoms with E-state index in [4.69, 9.17) is 0 Å². The summed E-state index contributed by atoms with van der Waals surface area (Å²) in [5.41, 5.74) is 2.90. The summed E-state index contributed by atoms with van der Waals surface area (Å²) >= 11 is 0. The van der Waals surface area contributed by atoms with Gasteiger partial charge in [-0.2, -0.15) is 5.10 Å². The van der Waals surface area contributed by atoms with Gasteiger partial charge in [-0.15, -0.1) is 0 Å². The highest BCUT2D eigenvalue weighted by molar-refractivity contribution is 5.92. The molecule has 1 aliphatic heterocycles. The van der Waals surface area contributed by atoms with E-state index in [1.54, 1.807) is 6.07 Å². The van der Waals surface area contributed by atoms with Gasteiger partial charge in [-0.1, -0.05) is 38.1 Å². The molecule has 0 spiro atoms. The maximum absolute atomic E-state index is 12.5. The number of carbonyl (C=O) groups is 1. The number of amides is 1. The predicted octanol–water partition coefficient (Wildman–Crippen LogP) is 3.42. The van der Waals surface area contributed by atoms with Crippen molar-refractivity contribution in [2.24, 2.45) is 0 Å². The first-order chi connectivity index (χ1) is 12.0. The van der Waals surface area contributed by atoms with E-state index in [0.717, 1.165) is 31.5 Å². The molecule has 2 aromatic rings. The molecule has 1 aromatic heterocycles. The van der Waals surface area contributed by atoms with Crippen LogP contribution in [0.1, 0.15) is 73.2 Å². The average molecular weight is 340 g/mol. The topological polar surface area (TPSA) is 59.0 Å². The van der Waals surface area contributed by atoms with Gasteiger partial charge in [0.2, 0.25) is 0 Å². The van der Waals surface area contributed by atoms with E-state index < -0.39 is 0 Å². The lowest BCUT2D eigenvalue weighted by Gasteiger charge is -2.22. The maximum atomic E-state index is 12.5. The first kappa shape index (κ1) is 17.7. The smallest absolute Gasteiger partial charge is 0.272 e. The van der Waals surface area contributed by atoms with E-state index in [9.17, 15) is 4.79 Å². The lowest BCUT2D eigenvalue weighted by atomic mass is 9.99. The Morgan fingerprint density at radius 3 is 2.56 bits per heavy atom. The molecule has 2 N–H and O–H groups in total. The van der Waals surface area contributed by atoms with Crippen LogP contribution in [-0.4, -0.2) is 28.8 Å². The quantitative estimate of drug-likeness (QED) is 0.877. The standard InChI is InChI=1S/C20H28N4O/c1-14(2)16-6-8-17(9-7-16)15(3)22-20(25)19-10-12-24(23-19)18-5-4-11-21-13-18/h6-10,12,14-15,18,21H,4-5,11,13H2,1-3H3,(H,22,25). The van der Waals surface area contributed by atoms with Gasteiger partial charge < -0.3 is 10.6 Å². The molecule has 0 aliphatic carbocycles. The average Bonchev–Trinajstić information content (AvgIpc) is 3.13. The first-order valence-corrected chi connectivity index (χ1v) is 9.21. The zero-order valence-corrected chi connectivity index (χ0v) is 15.3. The third-order valence-corrected chi connectivity index (χ3v) is 4.94. The van der Waals surface area contributed by atoms with E-state index in [-0.39, 0.29) is 11.9 Å². The molecule has 2 heterocycles. The van der Waals surface area contributed by atoms with Crippen molar-refractivity contribution in [3.63, 3.8) is 0 Å². The highest BCUT2D eigenvalue weighted by Gasteiger charge is 2.19. The lowest BCUT2D eigenvalue weighted by molar-refractivity contribution is 0.0933. The minimum absolute atomic E-state index is 0.0461. The Balaban J connectivity index is 1.62. The highest BCUT2D eigenvalue weighted by Crippen LogP contribution is 2.19. The van der Waals surface area contributed by atoms with Crippen LogP contribution >= 0.6 is 0 Å². The molecule has 2 unspecified atom stereocenters. The number of hydrogen-bond acceptors (Lipinski definition) is 3. The molecule has 1 amide bonds. The molecule has 1 aliphatic rings. The minimum Gasteiger partial charge on any atom is -0.344 e. The zero-order valence-electron chi connectivity index (χ0n) is 15.3. The van der Waals surface area contributed by atoms with Crippen molar-refractivity contribution in [2.75, 3.05) is 13.1 Å². The molecule has 1 aromatic carbocycles. The minimum atomic E-state index is -0.122. The molecule has 0 bridgehead atoms. The van der Waals surface area contributed by atoms with Gasteiger partial charge in [0.1, 0.15) is 5.69 Å². The Kier molecular flexibility index (Phi) is 5.53. The molecular weight excluding hydrogens is 312 g/mol. The summed E-state index contributed by atoms with van der Waals surface area (Å²) in [4.78, 5) is 12.5. The van der Waals surface area contributed by atoms with Crippen molar-refractivity contribution in [1.82, 2.24) is 20.4 Å². The maximum Gasteiger partial charge on any atom is 0.272 e. The fourth-order valence-electron chi connectivity index (χ4n) is 3.25. The van der Waals surface area contributed by atoms with Crippen LogP contribution in [0.3, 0.4) is 0 Å². The second-order valence-corrected chi connectivity index (χ2v) is 7.20. The lowest BCUT2D eigenvalue weighted by Crippen LogP contribution is -2.32. The van der Waals surface area contributed by atoms with E-state index in [1.165, 1.54) is 5.56 Å². The van der Waals surface area contributed by atoms with Crippen molar-refractivity contribution in [3.8, 4) is 0 Å². The largest absolute Gasteiger partial charge is 0.344 e. The van der Waals surface area contributed by atoms with Crippen molar-refractivity contribution < 1.29 is 4.79 Å². The second kappa shape index (κ2) is 7.83. The third-order valence-electron chi connectivity index (χ3n) is 4.94. The van der Waals surface area contributed by atoms with Crippen molar-refractivity contribution >= 4 is 5.91 Å². The van der Waals surface area contributed by atoms with Crippen LogP contribution in [0.5, 0.6) is 0 Å². The van der Waals surface area contributed by atoms with Gasteiger partial charge >= 0.3 is 0 Å². The summed E-state index contributed by atoms with van der Waals surface area (Å²) < 4.78 is 1.92. The number of aromatic nitrogens is 2. The number of piperidine rings is 1. The summed E-state index contributed by atoms with van der Waals surface area (Å²) in [6, 6.07) is 10.5. The van der Waals surface area contributed by atoms with Crippen LogP contribution in [0.2, 0.25) is 0 Å². The molecule has 5 heteroatoms. The molecule has 0 saturated carbocycles. The number of benzene rings is 1. The summed E-state index contributed by atoms with van der Waals surface area (Å²) in [5, 5.41) is 10.9. The zero-order chi connectivity index (χ0) is 17.8. The SMILES string of the molecule is CC(C)c1ccc(C(C)NC(=O)c2ccn(C3CCCNC3)n2)cc1. The Hall–Kier alpha value is -2.14. The van der Waals surface area contributed by atoms with E-state index in [1.807, 2.05) is 17.8 Å². The second-order valence-electron chi connectivity index (χ2n) is 7.20.